The molecule has 0 bridgehead atoms. The van der Waals surface area contributed by atoms with E-state index in [1.54, 1.807) is 0 Å². The van der Waals surface area contributed by atoms with E-state index in [-0.39, 0.29) is 0 Å². The van der Waals surface area contributed by atoms with Gasteiger partial charge in [0.15, 0.2) is 5.82 Å². The summed E-state index contributed by atoms with van der Waals surface area (Å²) in [5, 5.41) is 0.972. The van der Waals surface area contributed by atoms with Gasteiger partial charge in [-0.25, -0.2) is 9.97 Å². The Labute approximate surface area is 164 Å². The number of hydrogen-bond donors (Lipinski definition) is 3. The first-order valence-electron chi connectivity index (χ1n) is 9.36. The van der Waals surface area contributed by atoms with Gasteiger partial charge in [0.05, 0.1) is 17.1 Å². The van der Waals surface area contributed by atoms with Crippen LogP contribution in [0.5, 0.6) is 0 Å². The highest BCUT2D eigenvalue weighted by Gasteiger charge is 2.17. The van der Waals surface area contributed by atoms with E-state index in [0.717, 1.165) is 53.2 Å². The molecule has 3 heterocycles. The number of imidazole rings is 1. The Morgan fingerprint density at radius 3 is 2.79 bits per heavy atom. The van der Waals surface area contributed by atoms with Gasteiger partial charge in [0, 0.05) is 42.6 Å². The molecule has 0 unspecified atom stereocenters. The highest BCUT2D eigenvalue weighted by molar-refractivity contribution is 6.08. The zero-order valence-electron chi connectivity index (χ0n) is 16.7. The number of aliphatic imine (C=N–C) groups is 1. The van der Waals surface area contributed by atoms with E-state index in [1.807, 2.05) is 49.1 Å². The molecule has 5 N–H and O–H groups in total. The molecule has 28 heavy (non-hydrogen) atoms. The number of aromatic nitrogens is 4. The summed E-state index contributed by atoms with van der Waals surface area (Å²) in [7, 11) is 1.94. The number of hydrogen-bond acceptors (Lipinski definition) is 5. The number of pyridine rings is 1. The van der Waals surface area contributed by atoms with Crippen LogP contribution in [0.4, 0.5) is 0 Å². The van der Waals surface area contributed by atoms with Gasteiger partial charge in [-0.3, -0.25) is 4.99 Å². The Kier molecular flexibility index (Phi) is 5.63. The fourth-order valence-electron chi connectivity index (χ4n) is 2.98. The van der Waals surface area contributed by atoms with E-state index in [1.165, 1.54) is 0 Å². The number of nitrogens with one attached hydrogen (secondary N) is 1. The van der Waals surface area contributed by atoms with Crippen LogP contribution in [-0.2, 0) is 7.05 Å². The van der Waals surface area contributed by atoms with Crippen molar-refractivity contribution < 1.29 is 0 Å². The molecule has 3 aromatic rings. The van der Waals surface area contributed by atoms with Gasteiger partial charge >= 0.3 is 0 Å². The Morgan fingerprint density at radius 1 is 1.32 bits per heavy atom. The van der Waals surface area contributed by atoms with Gasteiger partial charge in [0.1, 0.15) is 11.4 Å². The third-order valence-electron chi connectivity index (χ3n) is 4.39. The summed E-state index contributed by atoms with van der Waals surface area (Å²) in [4.78, 5) is 17.4. The molecule has 0 radical (unpaired) electrons. The molecule has 0 aliphatic rings. The molecule has 0 atom stereocenters. The van der Waals surface area contributed by atoms with Crippen molar-refractivity contribution in [2.75, 3.05) is 6.54 Å². The molecule has 0 saturated heterocycles. The van der Waals surface area contributed by atoms with Crippen molar-refractivity contribution in [2.24, 2.45) is 23.5 Å². The monoisotopic (exact) mass is 377 g/mol. The molecule has 3 rings (SSSR count). The maximum Gasteiger partial charge on any atom is 0.159 e. The van der Waals surface area contributed by atoms with Crippen LogP contribution < -0.4 is 11.5 Å². The lowest BCUT2D eigenvalue weighted by Gasteiger charge is -2.06. The number of unbranched alkanes of at least 4 members (excludes halogenated alkanes) is 1. The normalized spacial score (nSPS) is 12.7. The van der Waals surface area contributed by atoms with Crippen LogP contribution in [0, 0.1) is 0 Å². The van der Waals surface area contributed by atoms with E-state index >= 15 is 0 Å². The quantitative estimate of drug-likeness (QED) is 0.433. The summed E-state index contributed by atoms with van der Waals surface area (Å²) in [5.74, 6) is 0.731. The van der Waals surface area contributed by atoms with Crippen molar-refractivity contribution in [1.29, 1.82) is 0 Å². The molecule has 0 amide bonds. The molecule has 0 saturated carbocycles. The van der Waals surface area contributed by atoms with Crippen molar-refractivity contribution in [3.05, 3.63) is 54.3 Å². The molecular formula is C21H27N7. The summed E-state index contributed by atoms with van der Waals surface area (Å²) >= 11 is 0. The maximum atomic E-state index is 5.91. The number of rotatable bonds is 7. The Balaban J connectivity index is 2.13. The van der Waals surface area contributed by atoms with Crippen LogP contribution in [0.15, 0.2) is 47.9 Å². The van der Waals surface area contributed by atoms with Crippen molar-refractivity contribution in [3.63, 3.8) is 0 Å². The summed E-state index contributed by atoms with van der Waals surface area (Å²) in [6, 6.07) is 3.87. The third-order valence-corrected chi connectivity index (χ3v) is 4.39. The molecule has 0 spiro atoms. The largest absolute Gasteiger partial charge is 0.402 e. The maximum absolute atomic E-state index is 5.91. The van der Waals surface area contributed by atoms with Crippen LogP contribution in [0.1, 0.15) is 38.1 Å². The van der Waals surface area contributed by atoms with Gasteiger partial charge < -0.3 is 21.0 Å². The second-order valence-corrected chi connectivity index (χ2v) is 6.89. The van der Waals surface area contributed by atoms with Crippen molar-refractivity contribution in [2.45, 2.75) is 26.7 Å². The number of allylic oxidation sites excluding steroid dienone is 2. The Hall–Kier alpha value is -3.35. The second kappa shape index (κ2) is 8.12. The topological polar surface area (TPSA) is 111 Å². The predicted molar refractivity (Wildman–Crippen MR) is 116 cm³/mol. The SMILES string of the molecule is C=C(N)c1cc2[nH]ccc2c(-c2nc(C(/C=C(/C)N)=NCCCC)cn2C)n1. The Morgan fingerprint density at radius 2 is 2.11 bits per heavy atom. The molecule has 0 aliphatic heterocycles. The Bertz CT molecular complexity index is 1060. The minimum atomic E-state index is 0.413. The number of H-pyrrole nitrogens is 1. The van der Waals surface area contributed by atoms with E-state index in [0.29, 0.717) is 17.1 Å². The van der Waals surface area contributed by atoms with Gasteiger partial charge in [-0.15, -0.1) is 0 Å². The number of fused-ring (bicyclic) bond motifs is 1. The molecule has 0 aromatic carbocycles. The van der Waals surface area contributed by atoms with Gasteiger partial charge in [-0.05, 0) is 31.6 Å². The van der Waals surface area contributed by atoms with Gasteiger partial charge in [-0.2, -0.15) is 0 Å². The van der Waals surface area contributed by atoms with Crippen molar-refractivity contribution in [3.8, 4) is 11.5 Å². The predicted octanol–water partition coefficient (Wildman–Crippen LogP) is 3.34. The van der Waals surface area contributed by atoms with Crippen LogP contribution in [0.3, 0.4) is 0 Å². The minimum absolute atomic E-state index is 0.413. The summed E-state index contributed by atoms with van der Waals surface area (Å²) < 4.78 is 1.95. The second-order valence-electron chi connectivity index (χ2n) is 6.89. The van der Waals surface area contributed by atoms with E-state index < -0.39 is 0 Å². The third kappa shape index (κ3) is 3.98. The molecule has 3 aromatic heterocycles. The summed E-state index contributed by atoms with van der Waals surface area (Å²) in [5.41, 5.74) is 16.8. The van der Waals surface area contributed by atoms with Crippen LogP contribution in [-0.4, -0.2) is 31.8 Å². The number of aryl methyl sites for hydroxylation is 1. The lowest BCUT2D eigenvalue weighted by Crippen LogP contribution is -2.04. The van der Waals surface area contributed by atoms with Crippen LogP contribution in [0.2, 0.25) is 0 Å². The molecule has 146 valence electrons. The molecule has 0 fully saturated rings. The lowest BCUT2D eigenvalue weighted by atomic mass is 10.2. The first-order chi connectivity index (χ1) is 13.4. The lowest BCUT2D eigenvalue weighted by molar-refractivity contribution is 0.808. The zero-order chi connectivity index (χ0) is 20.3. The first-order valence-corrected chi connectivity index (χ1v) is 9.36. The standard InChI is InChI=1S/C21H27N7/c1-5-6-8-24-18(10-13(2)22)19-12-28(4)21(27-19)20-15-7-9-25-17(15)11-16(26-20)14(3)23/h7,9-12,25H,3,5-6,8,22-23H2,1-2,4H3/b13-10-,24-18?. The zero-order valence-corrected chi connectivity index (χ0v) is 16.7. The molecule has 7 heteroatoms. The first kappa shape index (κ1) is 19.4. The van der Waals surface area contributed by atoms with Crippen LogP contribution >= 0.6 is 0 Å². The minimum Gasteiger partial charge on any atom is -0.402 e. The number of aromatic amines is 1. The van der Waals surface area contributed by atoms with E-state index in [9.17, 15) is 0 Å². The van der Waals surface area contributed by atoms with E-state index in [2.05, 4.69) is 18.5 Å². The molecular weight excluding hydrogens is 350 g/mol. The molecule has 0 aliphatic carbocycles. The van der Waals surface area contributed by atoms with Gasteiger partial charge in [-0.1, -0.05) is 19.9 Å². The van der Waals surface area contributed by atoms with E-state index in [4.69, 9.17) is 26.4 Å². The summed E-state index contributed by atoms with van der Waals surface area (Å²) in [6.45, 7) is 8.55. The van der Waals surface area contributed by atoms with Gasteiger partial charge in [0.2, 0.25) is 0 Å². The summed E-state index contributed by atoms with van der Waals surface area (Å²) in [6.07, 6.45) is 7.79. The van der Waals surface area contributed by atoms with Gasteiger partial charge in [0.25, 0.3) is 0 Å². The molecule has 7 nitrogen and oxygen atoms in total. The fraction of sp³-hybridized carbons (Fsp3) is 0.286. The smallest absolute Gasteiger partial charge is 0.159 e. The van der Waals surface area contributed by atoms with Crippen LogP contribution in [0.25, 0.3) is 28.1 Å². The number of nitrogens with two attached hydrogens (primary N) is 2. The number of nitrogens with zero attached hydrogens (tertiary/aromatic N) is 4. The highest BCUT2D eigenvalue weighted by Crippen LogP contribution is 2.27. The average molecular weight is 377 g/mol. The van der Waals surface area contributed by atoms with Crippen molar-refractivity contribution in [1.82, 2.24) is 19.5 Å². The highest BCUT2D eigenvalue weighted by atomic mass is 15.1. The average Bonchev–Trinajstić information content (AvgIpc) is 3.26. The van der Waals surface area contributed by atoms with Crippen molar-refractivity contribution >= 4 is 22.3 Å². The fourth-order valence-corrected chi connectivity index (χ4v) is 2.98.